The van der Waals surface area contributed by atoms with Gasteiger partial charge < -0.3 is 9.47 Å². The molecule has 0 aliphatic rings. The van der Waals surface area contributed by atoms with E-state index in [2.05, 4.69) is 10.1 Å². The summed E-state index contributed by atoms with van der Waals surface area (Å²) < 4.78 is 12.0. The van der Waals surface area contributed by atoms with Crippen LogP contribution in [0.3, 0.4) is 0 Å². The number of benzene rings is 1. The number of carbonyl (C=O) groups is 1. The zero-order chi connectivity index (χ0) is 18.5. The largest absolute Gasteiger partial charge is 0.479 e. The summed E-state index contributed by atoms with van der Waals surface area (Å²) in [5, 5.41) is 5.10. The Bertz CT molecular complexity index is 952. The third-order valence-corrected chi connectivity index (χ3v) is 4.52. The fourth-order valence-corrected chi connectivity index (χ4v) is 3.32. The molecular formula is C18H19N3O4S. The van der Waals surface area contributed by atoms with E-state index in [9.17, 15) is 9.59 Å². The van der Waals surface area contributed by atoms with Crippen LogP contribution in [0.5, 0.6) is 5.75 Å². The van der Waals surface area contributed by atoms with Gasteiger partial charge in [-0.3, -0.25) is 4.79 Å². The van der Waals surface area contributed by atoms with Crippen LogP contribution in [0.15, 0.2) is 41.2 Å². The van der Waals surface area contributed by atoms with Crippen molar-refractivity contribution >= 4 is 22.3 Å². The van der Waals surface area contributed by atoms with E-state index in [1.807, 2.05) is 25.1 Å². The van der Waals surface area contributed by atoms with Gasteiger partial charge in [-0.2, -0.15) is 9.61 Å². The molecule has 1 atom stereocenters. The highest BCUT2D eigenvalue weighted by Crippen LogP contribution is 2.14. The summed E-state index contributed by atoms with van der Waals surface area (Å²) >= 11 is 1.37. The number of hydrogen-bond acceptors (Lipinski definition) is 7. The van der Waals surface area contributed by atoms with Gasteiger partial charge in [0, 0.05) is 12.5 Å². The van der Waals surface area contributed by atoms with E-state index in [1.54, 1.807) is 19.1 Å². The molecule has 0 bridgehead atoms. The molecule has 1 aromatic carbocycles. The summed E-state index contributed by atoms with van der Waals surface area (Å²) in [5.74, 6) is 0.0645. The van der Waals surface area contributed by atoms with Gasteiger partial charge in [-0.25, -0.2) is 9.78 Å². The number of hydrogen-bond donors (Lipinski definition) is 0. The van der Waals surface area contributed by atoms with Crippen LogP contribution in [0.25, 0.3) is 4.96 Å². The molecule has 2 heterocycles. The van der Waals surface area contributed by atoms with E-state index in [0.717, 1.165) is 17.8 Å². The van der Waals surface area contributed by atoms with Gasteiger partial charge in [-0.05, 0) is 25.5 Å². The minimum Gasteiger partial charge on any atom is -0.479 e. The maximum atomic E-state index is 12.1. The number of aromatic nitrogens is 3. The van der Waals surface area contributed by atoms with Gasteiger partial charge in [0.1, 0.15) is 17.4 Å². The smallest absolute Gasteiger partial charge is 0.347 e. The van der Waals surface area contributed by atoms with Gasteiger partial charge in [-0.15, -0.1) is 0 Å². The van der Waals surface area contributed by atoms with Gasteiger partial charge in [0.2, 0.25) is 4.96 Å². The van der Waals surface area contributed by atoms with Crippen molar-refractivity contribution in [3.8, 4) is 5.75 Å². The molecule has 8 heteroatoms. The number of nitrogens with zero attached hydrogens (tertiary/aromatic N) is 3. The first-order chi connectivity index (χ1) is 12.6. The molecule has 2 aromatic heterocycles. The fraction of sp³-hybridized carbons (Fsp3) is 0.333. The Morgan fingerprint density at radius 1 is 1.31 bits per heavy atom. The quantitative estimate of drug-likeness (QED) is 0.592. The molecule has 3 aromatic rings. The summed E-state index contributed by atoms with van der Waals surface area (Å²) in [5.41, 5.74) is 0.107. The Morgan fingerprint density at radius 3 is 2.81 bits per heavy atom. The zero-order valence-corrected chi connectivity index (χ0v) is 15.4. The highest BCUT2D eigenvalue weighted by Gasteiger charge is 2.17. The summed E-state index contributed by atoms with van der Waals surface area (Å²) in [6, 6.07) is 10.4. The van der Waals surface area contributed by atoms with Gasteiger partial charge in [0.25, 0.3) is 5.56 Å². The van der Waals surface area contributed by atoms with Crippen LogP contribution < -0.4 is 10.3 Å². The molecule has 0 unspecified atom stereocenters. The van der Waals surface area contributed by atoms with Gasteiger partial charge in [-0.1, -0.05) is 36.5 Å². The lowest BCUT2D eigenvalue weighted by Gasteiger charge is -2.13. The van der Waals surface area contributed by atoms with Crippen LogP contribution >= 0.6 is 11.3 Å². The molecule has 0 amide bonds. The molecule has 136 valence electrons. The van der Waals surface area contributed by atoms with Crippen LogP contribution in [0.4, 0.5) is 0 Å². The van der Waals surface area contributed by atoms with E-state index in [0.29, 0.717) is 16.4 Å². The third kappa shape index (κ3) is 4.26. The van der Waals surface area contributed by atoms with Crippen LogP contribution in [0.2, 0.25) is 0 Å². The average Bonchev–Trinajstić information content (AvgIpc) is 3.04. The number of rotatable bonds is 7. The standard InChI is InChI=1S/C18H19N3O4S/c1-3-7-15-20-21-16(22)10-13(19-18(21)26-15)11-24-17(23)12(2)25-14-8-5-4-6-9-14/h4-6,8-10,12H,3,7,11H2,1-2H3/t12-/m1/s1. The van der Waals surface area contributed by atoms with Crippen LogP contribution in [-0.4, -0.2) is 26.7 Å². The van der Waals surface area contributed by atoms with Crippen molar-refractivity contribution in [1.29, 1.82) is 0 Å². The van der Waals surface area contributed by atoms with Gasteiger partial charge in [0.05, 0.1) is 5.69 Å². The van der Waals surface area contributed by atoms with E-state index in [-0.39, 0.29) is 12.2 Å². The minimum atomic E-state index is -0.762. The molecule has 3 rings (SSSR count). The number of para-hydroxylation sites is 1. The van der Waals surface area contributed by atoms with Crippen molar-refractivity contribution in [1.82, 2.24) is 14.6 Å². The molecule has 26 heavy (non-hydrogen) atoms. The van der Waals surface area contributed by atoms with Gasteiger partial charge in [0.15, 0.2) is 6.10 Å². The number of esters is 1. The van der Waals surface area contributed by atoms with Crippen molar-refractivity contribution in [2.24, 2.45) is 0 Å². The van der Waals surface area contributed by atoms with E-state index in [1.165, 1.54) is 21.9 Å². The molecule has 0 aliphatic carbocycles. The van der Waals surface area contributed by atoms with Crippen LogP contribution in [-0.2, 0) is 22.6 Å². The molecule has 0 aliphatic heterocycles. The molecule has 0 saturated heterocycles. The molecule has 7 nitrogen and oxygen atoms in total. The van der Waals surface area contributed by atoms with E-state index < -0.39 is 12.1 Å². The normalized spacial score (nSPS) is 12.1. The minimum absolute atomic E-state index is 0.0892. The second-order valence-corrected chi connectivity index (χ2v) is 6.75. The van der Waals surface area contributed by atoms with E-state index in [4.69, 9.17) is 9.47 Å². The molecule has 0 saturated carbocycles. The average molecular weight is 373 g/mol. The van der Waals surface area contributed by atoms with Crippen molar-refractivity contribution in [2.45, 2.75) is 39.4 Å². The molecule has 0 N–H and O–H groups in total. The Labute approximate surface area is 154 Å². The Hall–Kier alpha value is -2.74. The summed E-state index contributed by atoms with van der Waals surface area (Å²) in [6.07, 6.45) is 0.978. The van der Waals surface area contributed by atoms with Gasteiger partial charge >= 0.3 is 5.97 Å². The van der Waals surface area contributed by atoms with E-state index >= 15 is 0 Å². The topological polar surface area (TPSA) is 82.8 Å². The lowest BCUT2D eigenvalue weighted by Crippen LogP contribution is -2.26. The first-order valence-electron chi connectivity index (χ1n) is 8.34. The SMILES string of the molecule is CCCc1nn2c(=O)cc(COC(=O)[C@@H](C)Oc3ccccc3)nc2s1. The Morgan fingerprint density at radius 2 is 2.08 bits per heavy atom. The Kier molecular flexibility index (Phi) is 5.62. The highest BCUT2D eigenvalue weighted by molar-refractivity contribution is 7.16. The highest BCUT2D eigenvalue weighted by atomic mass is 32.1. The lowest BCUT2D eigenvalue weighted by atomic mass is 10.3. The monoisotopic (exact) mass is 373 g/mol. The van der Waals surface area contributed by atoms with Crippen LogP contribution in [0, 0.1) is 0 Å². The molecule has 0 radical (unpaired) electrons. The summed E-state index contributed by atoms with van der Waals surface area (Å²) in [6.45, 7) is 3.57. The first-order valence-corrected chi connectivity index (χ1v) is 9.15. The van der Waals surface area contributed by atoms with Crippen LogP contribution in [0.1, 0.15) is 31.0 Å². The van der Waals surface area contributed by atoms with Crippen molar-refractivity contribution in [3.05, 3.63) is 57.5 Å². The second kappa shape index (κ2) is 8.09. The van der Waals surface area contributed by atoms with Crippen molar-refractivity contribution in [3.63, 3.8) is 0 Å². The number of ether oxygens (including phenoxy) is 2. The van der Waals surface area contributed by atoms with Crippen molar-refractivity contribution < 1.29 is 14.3 Å². The van der Waals surface area contributed by atoms with Crippen molar-refractivity contribution in [2.75, 3.05) is 0 Å². The summed E-state index contributed by atoms with van der Waals surface area (Å²) in [7, 11) is 0. The molecular weight excluding hydrogens is 354 g/mol. The predicted octanol–water partition coefficient (Wildman–Crippen LogP) is 2.61. The lowest BCUT2D eigenvalue weighted by molar-refractivity contribution is -0.152. The third-order valence-electron chi connectivity index (χ3n) is 3.55. The second-order valence-electron chi connectivity index (χ2n) is 5.71. The number of carbonyl (C=O) groups excluding carboxylic acids is 1. The predicted molar refractivity (Wildman–Crippen MR) is 97.5 cm³/mol. The fourth-order valence-electron chi connectivity index (χ4n) is 2.30. The summed E-state index contributed by atoms with van der Waals surface area (Å²) in [4.78, 5) is 29.1. The molecule has 0 fully saturated rings. The maximum Gasteiger partial charge on any atom is 0.347 e. The molecule has 0 spiro atoms. The zero-order valence-electron chi connectivity index (χ0n) is 14.5. The Balaban J connectivity index is 1.65. The first kappa shape index (κ1) is 18.1. The number of aryl methyl sites for hydroxylation is 1. The number of fused-ring (bicyclic) bond motifs is 1. The maximum absolute atomic E-state index is 12.1.